The number of amides is 1. The molecule has 1 saturated carbocycles. The molecule has 0 aromatic heterocycles. The number of nitro benzene ring substituents is 1. The first-order chi connectivity index (χ1) is 37.8. The normalized spacial score (nSPS) is 23.1. The summed E-state index contributed by atoms with van der Waals surface area (Å²) >= 11 is 0. The fourth-order valence-electron chi connectivity index (χ4n) is 12.0. The minimum atomic E-state index is -1.54. The Kier molecular flexibility index (Phi) is 17.0. The monoisotopic (exact) mass is 1040 g/mol. The number of nitro groups is 1. The van der Waals surface area contributed by atoms with Gasteiger partial charge in [-0.1, -0.05) is 115 Å². The Bertz CT molecular complexity index is 3090. The van der Waals surface area contributed by atoms with Crippen molar-refractivity contribution in [2.24, 2.45) is 22.9 Å². The Morgan fingerprint density at radius 1 is 0.844 bits per heavy atom. The summed E-state index contributed by atoms with van der Waals surface area (Å²) in [7, 11) is 0. The molecule has 10 rings (SSSR count). The number of carbonyl (C=O) groups is 1. The van der Waals surface area contributed by atoms with Crippen molar-refractivity contribution in [3.63, 3.8) is 0 Å². The van der Waals surface area contributed by atoms with Crippen LogP contribution in [0.4, 0.5) is 5.69 Å². The number of ether oxygens (including phenoxy) is 4. The molecule has 2 N–H and O–H groups in total. The molecule has 398 valence electrons. The lowest BCUT2D eigenvalue weighted by Crippen LogP contribution is -2.70. The number of rotatable bonds is 22. The highest BCUT2D eigenvalue weighted by Gasteiger charge is 2.65. The van der Waals surface area contributed by atoms with Crippen LogP contribution in [-0.4, -0.2) is 76.2 Å². The zero-order valence-electron chi connectivity index (χ0n) is 43.4. The molecule has 2 aliphatic carbocycles. The number of allylic oxidation sites excluding steroid dienone is 1. The summed E-state index contributed by atoms with van der Waals surface area (Å²) in [6.07, 6.45) is 13.8. The number of fused-ring (bicyclic) bond motifs is 3. The Hall–Kier alpha value is -7.42. The summed E-state index contributed by atoms with van der Waals surface area (Å²) in [6.45, 7) is 5.07. The van der Waals surface area contributed by atoms with Crippen LogP contribution >= 0.6 is 0 Å². The lowest BCUT2D eigenvalue weighted by atomic mass is 9.55. The number of non-ortho nitro benzene ring substituents is 1. The largest absolute Gasteiger partial charge is 0.459 e. The SMILES string of the molecule is C=CCO[C@@]12Oc3ccc(Oc4ccc(-c5ccccc5)cc4)cc3[C@H]3[C@H](CCCCO)[C@@H](CCCCO)C=C(C(=NOC4CCCCO4)C[C@@H]1N(Cc1cccc4ccccc14)C(=O)C=Cc1ccc([N+](=O)[O-])cc1)[C@H]32. The van der Waals surface area contributed by atoms with Crippen LogP contribution in [0.1, 0.15) is 86.8 Å². The molecule has 0 spiro atoms. The first kappa shape index (κ1) is 53.0. The molecule has 2 heterocycles. The van der Waals surface area contributed by atoms with Crippen molar-refractivity contribution in [1.82, 2.24) is 4.90 Å². The van der Waals surface area contributed by atoms with Crippen LogP contribution < -0.4 is 9.47 Å². The third-order valence-corrected chi connectivity index (χ3v) is 15.7. The quantitative estimate of drug-likeness (QED) is 0.0220. The van der Waals surface area contributed by atoms with Crippen molar-refractivity contribution in [1.29, 1.82) is 0 Å². The van der Waals surface area contributed by atoms with Gasteiger partial charge in [0.15, 0.2) is 0 Å². The first-order valence-corrected chi connectivity index (χ1v) is 27.2. The Labute approximate surface area is 450 Å². The van der Waals surface area contributed by atoms with E-state index < -0.39 is 29.0 Å². The number of benzene rings is 6. The van der Waals surface area contributed by atoms with E-state index in [0.717, 1.165) is 77.1 Å². The second-order valence-electron chi connectivity index (χ2n) is 20.5. The molecule has 2 aliphatic heterocycles. The van der Waals surface area contributed by atoms with Crippen LogP contribution in [0.2, 0.25) is 0 Å². The predicted octanol–water partition coefficient (Wildman–Crippen LogP) is 13.1. The van der Waals surface area contributed by atoms with E-state index in [1.807, 2.05) is 71.6 Å². The molecule has 13 heteroatoms. The molecule has 13 nitrogen and oxygen atoms in total. The van der Waals surface area contributed by atoms with Gasteiger partial charge in [0.25, 0.3) is 5.69 Å². The Morgan fingerprint density at radius 2 is 1.58 bits per heavy atom. The van der Waals surface area contributed by atoms with Gasteiger partial charge in [-0.05, 0) is 138 Å². The van der Waals surface area contributed by atoms with Gasteiger partial charge in [0.1, 0.15) is 23.3 Å². The van der Waals surface area contributed by atoms with Crippen LogP contribution in [-0.2, 0) is 25.7 Å². The number of nitrogens with zero attached hydrogens (tertiary/aromatic N) is 3. The van der Waals surface area contributed by atoms with E-state index in [0.29, 0.717) is 54.4 Å². The number of oxime groups is 1. The molecule has 77 heavy (non-hydrogen) atoms. The van der Waals surface area contributed by atoms with Crippen molar-refractivity contribution in [3.8, 4) is 28.4 Å². The zero-order valence-corrected chi connectivity index (χ0v) is 43.4. The minimum Gasteiger partial charge on any atom is -0.459 e. The average Bonchev–Trinajstić information content (AvgIpc) is 3.65. The summed E-state index contributed by atoms with van der Waals surface area (Å²) in [5, 5.41) is 39.0. The summed E-state index contributed by atoms with van der Waals surface area (Å²) in [6, 6.07) is 43.7. The first-order valence-electron chi connectivity index (χ1n) is 27.2. The molecule has 4 aliphatic rings. The standard InChI is InChI=1S/C64H67N3O10/c1-2-38-74-64-59(66(43-49-20-14-19-47-17-6-7-21-53(47)49)60(70)35-26-44-24-29-50(30-25-44)67(71)72)42-57(65-77-61-23-10-13-39-73-61)55-40-48(18-8-11-36-68)54(22-9-12-37-69)62(63(55)64)56-41-52(33-34-58(56)76-64)75-51-31-27-46(28-32-51)45-15-4-3-5-16-45/h2-7,14-17,19-21,24-35,40-41,48,54,59,61-63,68-69H,1,8-13,18,22-23,36-39,42-43H2/t48-,54+,59-,61?,62+,63+,64+/m0/s1. The zero-order chi connectivity index (χ0) is 53.1. The van der Waals surface area contributed by atoms with Crippen molar-refractivity contribution < 1.29 is 43.7 Å². The van der Waals surface area contributed by atoms with Crippen LogP contribution in [0.5, 0.6) is 17.2 Å². The number of aliphatic hydroxyl groups is 2. The highest BCUT2D eigenvalue weighted by molar-refractivity contribution is 6.03. The number of carbonyl (C=O) groups excluding carboxylic acids is 1. The van der Waals surface area contributed by atoms with E-state index in [1.54, 1.807) is 24.3 Å². The maximum absolute atomic E-state index is 15.6. The fraction of sp³-hybridized carbons (Fsp3) is 0.344. The van der Waals surface area contributed by atoms with Gasteiger partial charge in [-0.15, -0.1) is 6.58 Å². The van der Waals surface area contributed by atoms with Crippen molar-refractivity contribution >= 4 is 34.2 Å². The molecule has 2 fully saturated rings. The molecule has 1 saturated heterocycles. The van der Waals surface area contributed by atoms with Gasteiger partial charge in [0.2, 0.25) is 18.0 Å². The molecule has 6 aromatic rings. The number of hydrogen-bond acceptors (Lipinski definition) is 11. The fourth-order valence-corrected chi connectivity index (χ4v) is 12.0. The second-order valence-corrected chi connectivity index (χ2v) is 20.5. The average molecular weight is 1040 g/mol. The van der Waals surface area contributed by atoms with Crippen LogP contribution in [0.3, 0.4) is 0 Å². The van der Waals surface area contributed by atoms with Gasteiger partial charge in [0, 0.05) is 62.3 Å². The number of aliphatic hydroxyl groups excluding tert-OH is 2. The summed E-state index contributed by atoms with van der Waals surface area (Å²) in [4.78, 5) is 35.0. The predicted molar refractivity (Wildman–Crippen MR) is 298 cm³/mol. The van der Waals surface area contributed by atoms with Crippen LogP contribution in [0.25, 0.3) is 28.0 Å². The highest BCUT2D eigenvalue weighted by Crippen LogP contribution is 2.62. The molecule has 0 bridgehead atoms. The van der Waals surface area contributed by atoms with Gasteiger partial charge in [0.05, 0.1) is 29.8 Å². The van der Waals surface area contributed by atoms with Crippen molar-refractivity contribution in [3.05, 3.63) is 197 Å². The highest BCUT2D eigenvalue weighted by atomic mass is 16.8. The van der Waals surface area contributed by atoms with Crippen LogP contribution in [0, 0.1) is 27.9 Å². The van der Waals surface area contributed by atoms with Gasteiger partial charge in [-0.2, -0.15) is 0 Å². The summed E-state index contributed by atoms with van der Waals surface area (Å²) < 4.78 is 27.7. The summed E-state index contributed by atoms with van der Waals surface area (Å²) in [5.41, 5.74) is 6.15. The lowest BCUT2D eigenvalue weighted by molar-refractivity contribution is -0.384. The maximum atomic E-state index is 15.6. The van der Waals surface area contributed by atoms with E-state index in [1.165, 1.54) is 18.2 Å². The Morgan fingerprint density at radius 3 is 2.34 bits per heavy atom. The second kappa shape index (κ2) is 24.7. The van der Waals surface area contributed by atoms with Crippen LogP contribution in [0.15, 0.2) is 175 Å². The van der Waals surface area contributed by atoms with Gasteiger partial charge < -0.3 is 38.9 Å². The van der Waals surface area contributed by atoms with E-state index in [-0.39, 0.29) is 62.1 Å². The van der Waals surface area contributed by atoms with Crippen molar-refractivity contribution in [2.45, 2.75) is 94.8 Å². The molecule has 6 aromatic carbocycles. The van der Waals surface area contributed by atoms with Gasteiger partial charge in [-0.3, -0.25) is 14.9 Å². The minimum absolute atomic E-state index is 0.0142. The Balaban J connectivity index is 1.16. The van der Waals surface area contributed by atoms with Crippen molar-refractivity contribution in [2.75, 3.05) is 26.4 Å². The molecule has 7 atom stereocenters. The third kappa shape index (κ3) is 11.8. The maximum Gasteiger partial charge on any atom is 0.269 e. The topological polar surface area (TPSA) is 162 Å². The van der Waals surface area contributed by atoms with Gasteiger partial charge >= 0.3 is 0 Å². The van der Waals surface area contributed by atoms with E-state index in [2.05, 4.69) is 61.2 Å². The summed E-state index contributed by atoms with van der Waals surface area (Å²) in [5.74, 6) is -0.847. The van der Waals surface area contributed by atoms with Gasteiger partial charge in [-0.25, -0.2) is 0 Å². The molecular formula is C64H67N3O10. The molecule has 0 radical (unpaired) electrons. The smallest absolute Gasteiger partial charge is 0.269 e. The lowest BCUT2D eigenvalue weighted by Gasteiger charge is -2.60. The third-order valence-electron chi connectivity index (χ3n) is 15.7. The number of unbranched alkanes of at least 4 members (excludes halogenated alkanes) is 2. The van der Waals surface area contributed by atoms with E-state index in [4.69, 9.17) is 28.9 Å². The number of hydrogen-bond donors (Lipinski definition) is 2. The molecule has 1 amide bonds. The molecule has 1 unspecified atom stereocenters. The van der Waals surface area contributed by atoms with E-state index in [9.17, 15) is 20.3 Å². The molecular weight excluding hydrogens is 971 g/mol. The van der Waals surface area contributed by atoms with E-state index >= 15 is 4.79 Å².